The summed E-state index contributed by atoms with van der Waals surface area (Å²) in [5.74, 6) is -2.89. The molecule has 4 rings (SSSR count). The second kappa shape index (κ2) is 7.75. The minimum Gasteiger partial charge on any atom is -0.364 e. The van der Waals surface area contributed by atoms with Crippen LogP contribution in [-0.4, -0.2) is 54.3 Å². The Bertz CT molecular complexity index is 983. The number of likely N-dealkylation sites (N-methyl/N-ethyl adjacent to an activating group) is 1. The van der Waals surface area contributed by atoms with E-state index in [2.05, 4.69) is 11.8 Å². The first-order chi connectivity index (χ1) is 14.0. The van der Waals surface area contributed by atoms with Crippen molar-refractivity contribution >= 4 is 23.1 Å². The maximum atomic E-state index is 14.4. The molecule has 2 amide bonds. The number of nitrogens with zero attached hydrogens (tertiary/aromatic N) is 3. The molecule has 29 heavy (non-hydrogen) atoms. The van der Waals surface area contributed by atoms with Crippen molar-refractivity contribution in [2.45, 2.75) is 6.92 Å². The molecule has 0 unspecified atom stereocenters. The first-order valence-corrected chi connectivity index (χ1v) is 9.62. The molecule has 1 saturated heterocycles. The summed E-state index contributed by atoms with van der Waals surface area (Å²) in [5, 5.41) is 0. The molecule has 150 valence electrons. The summed E-state index contributed by atoms with van der Waals surface area (Å²) in [4.78, 5) is 31.6. The molecule has 1 fully saturated rings. The molecular formula is C22H21F2N3O2. The van der Waals surface area contributed by atoms with Crippen LogP contribution in [0.25, 0.3) is 5.57 Å². The van der Waals surface area contributed by atoms with Gasteiger partial charge in [0, 0.05) is 32.2 Å². The summed E-state index contributed by atoms with van der Waals surface area (Å²) in [7, 11) is 0. The lowest BCUT2D eigenvalue weighted by Crippen LogP contribution is -2.47. The topological polar surface area (TPSA) is 43.9 Å². The molecule has 0 saturated carbocycles. The molecule has 2 aromatic carbocycles. The Balaban J connectivity index is 1.78. The van der Waals surface area contributed by atoms with Gasteiger partial charge in [0.15, 0.2) is 0 Å². The summed E-state index contributed by atoms with van der Waals surface area (Å²) in [6.45, 7) is 5.73. The summed E-state index contributed by atoms with van der Waals surface area (Å²) >= 11 is 0. The Hall–Kier alpha value is -3.06. The molecule has 0 atom stereocenters. The number of imide groups is 1. The van der Waals surface area contributed by atoms with Gasteiger partial charge in [-0.1, -0.05) is 37.3 Å². The van der Waals surface area contributed by atoms with Crippen LogP contribution < -0.4 is 4.90 Å². The molecule has 0 bridgehead atoms. The number of hydrogen-bond acceptors (Lipinski definition) is 4. The summed E-state index contributed by atoms with van der Waals surface area (Å²) in [5.41, 5.74) is 0.894. The van der Waals surface area contributed by atoms with Crippen LogP contribution in [0.3, 0.4) is 0 Å². The monoisotopic (exact) mass is 397 g/mol. The van der Waals surface area contributed by atoms with Crippen LogP contribution in [0, 0.1) is 11.6 Å². The van der Waals surface area contributed by atoms with Crippen molar-refractivity contribution in [2.24, 2.45) is 0 Å². The van der Waals surface area contributed by atoms with Gasteiger partial charge < -0.3 is 9.80 Å². The van der Waals surface area contributed by atoms with Gasteiger partial charge in [0.05, 0.1) is 11.3 Å². The van der Waals surface area contributed by atoms with Gasteiger partial charge >= 0.3 is 0 Å². The lowest BCUT2D eigenvalue weighted by atomic mass is 10.0. The van der Waals surface area contributed by atoms with Gasteiger partial charge in [-0.05, 0) is 24.2 Å². The van der Waals surface area contributed by atoms with Crippen LogP contribution in [0.4, 0.5) is 14.5 Å². The van der Waals surface area contributed by atoms with Crippen molar-refractivity contribution in [3.8, 4) is 0 Å². The summed E-state index contributed by atoms with van der Waals surface area (Å²) in [6.07, 6.45) is 0. The molecule has 7 heteroatoms. The normalized spacial score (nSPS) is 18.2. The minimum atomic E-state index is -0.948. The van der Waals surface area contributed by atoms with Gasteiger partial charge in [-0.3, -0.25) is 9.59 Å². The number of anilines is 1. The van der Waals surface area contributed by atoms with Gasteiger partial charge in [-0.2, -0.15) is 0 Å². The van der Waals surface area contributed by atoms with Gasteiger partial charge in [-0.15, -0.1) is 0 Å². The Morgan fingerprint density at radius 2 is 1.59 bits per heavy atom. The van der Waals surface area contributed by atoms with Crippen molar-refractivity contribution in [3.63, 3.8) is 0 Å². The third-order valence-electron chi connectivity index (χ3n) is 5.41. The standard InChI is InChI=1S/C22H21F2N3O2/c1-2-25-10-12-26(13-11-25)20-19(15-6-4-3-5-7-15)21(28)27(22(20)29)18-9-8-16(23)14-17(18)24/h3-9,14H,2,10-13H2,1H3. The van der Waals surface area contributed by atoms with E-state index in [0.29, 0.717) is 24.7 Å². The number of carbonyl (C=O) groups is 2. The SMILES string of the molecule is CCN1CCN(C2=C(c3ccccc3)C(=O)N(c3ccc(F)cc3F)C2=O)CC1. The fourth-order valence-corrected chi connectivity index (χ4v) is 3.85. The minimum absolute atomic E-state index is 0.239. The molecule has 0 aromatic heterocycles. The second-order valence-electron chi connectivity index (χ2n) is 7.05. The Kier molecular flexibility index (Phi) is 5.15. The predicted molar refractivity (Wildman–Crippen MR) is 106 cm³/mol. The molecule has 2 heterocycles. The third kappa shape index (κ3) is 3.42. The fraction of sp³-hybridized carbons (Fsp3) is 0.273. The van der Waals surface area contributed by atoms with E-state index in [4.69, 9.17) is 0 Å². The fourth-order valence-electron chi connectivity index (χ4n) is 3.85. The van der Waals surface area contributed by atoms with Crippen molar-refractivity contribution in [1.82, 2.24) is 9.80 Å². The second-order valence-corrected chi connectivity index (χ2v) is 7.05. The Labute approximate surface area is 167 Å². The van der Waals surface area contributed by atoms with E-state index < -0.39 is 23.4 Å². The average molecular weight is 397 g/mol. The number of hydrogen-bond donors (Lipinski definition) is 0. The number of amides is 2. The van der Waals surface area contributed by atoms with Gasteiger partial charge in [0.1, 0.15) is 17.3 Å². The van der Waals surface area contributed by atoms with Crippen LogP contribution in [0.2, 0.25) is 0 Å². The maximum Gasteiger partial charge on any atom is 0.282 e. The van der Waals surface area contributed by atoms with Crippen molar-refractivity contribution in [2.75, 3.05) is 37.6 Å². The predicted octanol–water partition coefficient (Wildman–Crippen LogP) is 2.89. The highest BCUT2D eigenvalue weighted by molar-refractivity contribution is 6.45. The van der Waals surface area contributed by atoms with E-state index >= 15 is 0 Å². The number of halogens is 2. The van der Waals surface area contributed by atoms with E-state index in [1.807, 2.05) is 11.0 Å². The first kappa shape index (κ1) is 19.3. The smallest absolute Gasteiger partial charge is 0.282 e. The quantitative estimate of drug-likeness (QED) is 0.745. The molecular weight excluding hydrogens is 376 g/mol. The van der Waals surface area contributed by atoms with Crippen LogP contribution in [0.5, 0.6) is 0 Å². The third-order valence-corrected chi connectivity index (χ3v) is 5.41. The van der Waals surface area contributed by atoms with Crippen molar-refractivity contribution < 1.29 is 18.4 Å². The molecule has 5 nitrogen and oxygen atoms in total. The van der Waals surface area contributed by atoms with Crippen LogP contribution in [-0.2, 0) is 9.59 Å². The van der Waals surface area contributed by atoms with Gasteiger partial charge in [-0.25, -0.2) is 13.7 Å². The number of carbonyl (C=O) groups excluding carboxylic acids is 2. The zero-order chi connectivity index (χ0) is 20.5. The lowest BCUT2D eigenvalue weighted by molar-refractivity contribution is -0.120. The van der Waals surface area contributed by atoms with E-state index in [1.54, 1.807) is 24.3 Å². The number of benzene rings is 2. The van der Waals surface area contributed by atoms with Gasteiger partial charge in [0.2, 0.25) is 0 Å². The molecule has 0 N–H and O–H groups in total. The highest BCUT2D eigenvalue weighted by atomic mass is 19.1. The van der Waals surface area contributed by atoms with E-state index in [0.717, 1.165) is 36.7 Å². The van der Waals surface area contributed by atoms with E-state index in [9.17, 15) is 18.4 Å². The summed E-state index contributed by atoms with van der Waals surface area (Å²) < 4.78 is 27.8. The van der Waals surface area contributed by atoms with Gasteiger partial charge in [0.25, 0.3) is 11.8 Å². The average Bonchev–Trinajstić information content (AvgIpc) is 2.99. The largest absolute Gasteiger partial charge is 0.364 e. The molecule has 0 radical (unpaired) electrons. The molecule has 2 aromatic rings. The van der Waals surface area contributed by atoms with Crippen molar-refractivity contribution in [1.29, 1.82) is 0 Å². The first-order valence-electron chi connectivity index (χ1n) is 9.62. The summed E-state index contributed by atoms with van der Waals surface area (Å²) in [6, 6.07) is 11.8. The highest BCUT2D eigenvalue weighted by Crippen LogP contribution is 2.36. The van der Waals surface area contributed by atoms with E-state index in [1.165, 1.54) is 0 Å². The molecule has 0 spiro atoms. The lowest BCUT2D eigenvalue weighted by Gasteiger charge is -2.36. The Morgan fingerprint density at radius 3 is 2.21 bits per heavy atom. The number of piperazine rings is 1. The van der Waals surface area contributed by atoms with E-state index in [-0.39, 0.29) is 17.0 Å². The van der Waals surface area contributed by atoms with Crippen LogP contribution in [0.1, 0.15) is 12.5 Å². The van der Waals surface area contributed by atoms with Crippen LogP contribution in [0.15, 0.2) is 54.2 Å². The zero-order valence-corrected chi connectivity index (χ0v) is 16.1. The maximum absolute atomic E-state index is 14.4. The number of rotatable bonds is 4. The molecule has 0 aliphatic carbocycles. The molecule has 2 aliphatic heterocycles. The van der Waals surface area contributed by atoms with Crippen molar-refractivity contribution in [3.05, 3.63) is 71.4 Å². The zero-order valence-electron chi connectivity index (χ0n) is 16.1. The molecule has 2 aliphatic rings. The Morgan fingerprint density at radius 1 is 0.897 bits per heavy atom. The highest BCUT2D eigenvalue weighted by Gasteiger charge is 2.43. The van der Waals surface area contributed by atoms with Crippen LogP contribution >= 0.6 is 0 Å².